The number of hydrogen-bond acceptors (Lipinski definition) is 8. The largest absolute Gasteiger partial charge is 0.444 e. The summed E-state index contributed by atoms with van der Waals surface area (Å²) in [6.45, 7) is 19.5. The van der Waals surface area contributed by atoms with E-state index in [0.717, 1.165) is 58.5 Å². The summed E-state index contributed by atoms with van der Waals surface area (Å²) in [7, 11) is 0. The highest BCUT2D eigenvalue weighted by Crippen LogP contribution is 2.45. The molecule has 0 saturated carbocycles. The SMILES string of the molecule is CCCCN(Cc1ncc(-c2cc3c(C)c4sc(-c5cnc([C@@H]6CCCN6C(=O)OC(C)(C)C)[nH]5)cc4c(C)c3s2)[nH]1)C(=O)OC(C)(C)C. The van der Waals surface area contributed by atoms with Crippen LogP contribution in [0, 0.1) is 13.8 Å². The Hall–Kier alpha value is -3.90. The molecule has 262 valence electrons. The van der Waals surface area contributed by atoms with Crippen LogP contribution < -0.4 is 0 Å². The van der Waals surface area contributed by atoms with Crippen LogP contribution in [0.4, 0.5) is 9.59 Å². The van der Waals surface area contributed by atoms with Gasteiger partial charge in [0.15, 0.2) is 0 Å². The predicted molar refractivity (Wildman–Crippen MR) is 198 cm³/mol. The third-order valence-corrected chi connectivity index (χ3v) is 11.3. The summed E-state index contributed by atoms with van der Waals surface area (Å²) in [6.07, 6.45) is 6.80. The molecule has 0 bridgehead atoms. The molecule has 2 N–H and O–H groups in total. The van der Waals surface area contributed by atoms with Crippen molar-refractivity contribution in [1.82, 2.24) is 29.7 Å². The van der Waals surface area contributed by atoms with Crippen molar-refractivity contribution < 1.29 is 19.1 Å². The van der Waals surface area contributed by atoms with Gasteiger partial charge >= 0.3 is 12.2 Å². The van der Waals surface area contributed by atoms with Crippen molar-refractivity contribution >= 4 is 55.0 Å². The van der Waals surface area contributed by atoms with Gasteiger partial charge in [0.05, 0.1) is 46.1 Å². The van der Waals surface area contributed by atoms with Crippen molar-refractivity contribution in [2.24, 2.45) is 0 Å². The first kappa shape index (κ1) is 34.9. The Balaban J connectivity index is 1.24. The summed E-state index contributed by atoms with van der Waals surface area (Å²) in [5.41, 5.74) is 3.29. The number of unbranched alkanes of at least 4 members (excludes halogenated alkanes) is 1. The molecule has 0 aliphatic carbocycles. The van der Waals surface area contributed by atoms with Crippen LogP contribution in [0.15, 0.2) is 24.5 Å². The molecule has 0 spiro atoms. The Morgan fingerprint density at radius 1 is 0.918 bits per heavy atom. The molecule has 1 aromatic carbocycles. The molecule has 1 saturated heterocycles. The number of aryl methyl sites for hydroxylation is 2. The highest BCUT2D eigenvalue weighted by atomic mass is 32.1. The lowest BCUT2D eigenvalue weighted by Gasteiger charge is -2.27. The molecule has 12 heteroatoms. The number of benzene rings is 1. The fraction of sp³-hybridized carbons (Fsp3) is 0.514. The van der Waals surface area contributed by atoms with Crippen molar-refractivity contribution in [3.8, 4) is 21.1 Å². The number of H-pyrrole nitrogens is 2. The minimum Gasteiger partial charge on any atom is -0.444 e. The van der Waals surface area contributed by atoms with Crippen LogP contribution in [0.1, 0.15) is 103 Å². The van der Waals surface area contributed by atoms with Gasteiger partial charge in [0.1, 0.15) is 22.9 Å². The summed E-state index contributed by atoms with van der Waals surface area (Å²) < 4.78 is 13.9. The van der Waals surface area contributed by atoms with Crippen LogP contribution >= 0.6 is 22.7 Å². The molecule has 6 rings (SSSR count). The Bertz CT molecular complexity index is 1930. The van der Waals surface area contributed by atoms with E-state index in [9.17, 15) is 9.59 Å². The number of nitrogens with zero attached hydrogens (tertiary/aromatic N) is 4. The number of aromatic nitrogens is 4. The molecule has 0 radical (unpaired) electrons. The van der Waals surface area contributed by atoms with E-state index < -0.39 is 11.2 Å². The maximum atomic E-state index is 12.9. The topological polar surface area (TPSA) is 116 Å². The van der Waals surface area contributed by atoms with Crippen molar-refractivity contribution in [2.75, 3.05) is 13.1 Å². The van der Waals surface area contributed by atoms with Gasteiger partial charge in [0.2, 0.25) is 0 Å². The summed E-state index contributed by atoms with van der Waals surface area (Å²) in [5.74, 6) is 1.53. The summed E-state index contributed by atoms with van der Waals surface area (Å²) in [6, 6.07) is 4.39. The molecule has 1 atom stereocenters. The number of likely N-dealkylation sites (tertiary alicyclic amines) is 1. The first-order valence-corrected chi connectivity index (χ1v) is 18.8. The lowest BCUT2D eigenvalue weighted by Crippen LogP contribution is -2.37. The number of amides is 2. The zero-order chi connectivity index (χ0) is 35.2. The number of ether oxygens (including phenoxy) is 2. The van der Waals surface area contributed by atoms with Crippen LogP contribution in [-0.2, 0) is 16.0 Å². The average molecular weight is 705 g/mol. The highest BCUT2D eigenvalue weighted by Gasteiger charge is 2.35. The molecule has 1 fully saturated rings. The zero-order valence-electron chi connectivity index (χ0n) is 30.1. The number of thiophene rings is 2. The number of imidazole rings is 2. The van der Waals surface area contributed by atoms with Gasteiger partial charge in [-0.3, -0.25) is 4.90 Å². The molecule has 4 aromatic heterocycles. The molecule has 10 nitrogen and oxygen atoms in total. The van der Waals surface area contributed by atoms with Crippen LogP contribution in [0.3, 0.4) is 0 Å². The minimum atomic E-state index is -0.556. The molecule has 1 aliphatic heterocycles. The van der Waals surface area contributed by atoms with E-state index in [2.05, 4.69) is 47.9 Å². The standard InChI is InChI=1S/C37H48N6O4S2/c1-10-11-14-42(34(44)46-36(4,5)6)20-30-38-18-25(40-30)28-16-23-21(2)32-24(22(3)31(23)48-28)17-29(49-32)26-19-39-33(41-26)27-13-12-15-43(27)35(45)47-37(7,8)9/h16-19,27H,10-15,20H2,1-9H3,(H,38,40)(H,39,41)/t27-/m0/s1. The molecule has 5 aromatic rings. The Morgan fingerprint density at radius 2 is 1.51 bits per heavy atom. The van der Waals surface area contributed by atoms with Gasteiger partial charge in [-0.05, 0) is 109 Å². The number of nitrogens with one attached hydrogen (secondary N) is 2. The number of rotatable bonds is 8. The van der Waals surface area contributed by atoms with E-state index in [1.54, 1.807) is 32.5 Å². The second-order valence-electron chi connectivity index (χ2n) is 15.0. The number of fused-ring (bicyclic) bond motifs is 2. The lowest BCUT2D eigenvalue weighted by atomic mass is 10.0. The molecule has 0 unspecified atom stereocenters. The van der Waals surface area contributed by atoms with E-state index in [0.29, 0.717) is 19.6 Å². The third kappa shape index (κ3) is 7.50. The van der Waals surface area contributed by atoms with Gasteiger partial charge in [-0.25, -0.2) is 19.6 Å². The lowest BCUT2D eigenvalue weighted by molar-refractivity contribution is 0.0212. The van der Waals surface area contributed by atoms with E-state index in [1.165, 1.54) is 31.3 Å². The third-order valence-electron chi connectivity index (χ3n) is 8.68. The Morgan fingerprint density at radius 3 is 2.10 bits per heavy atom. The predicted octanol–water partition coefficient (Wildman–Crippen LogP) is 10.1. The number of hydrogen-bond donors (Lipinski definition) is 2. The maximum absolute atomic E-state index is 12.9. The Kier molecular flexibility index (Phi) is 9.58. The maximum Gasteiger partial charge on any atom is 0.410 e. The van der Waals surface area contributed by atoms with E-state index in [1.807, 2.05) is 53.9 Å². The van der Waals surface area contributed by atoms with Gasteiger partial charge in [0, 0.05) is 22.5 Å². The van der Waals surface area contributed by atoms with Crippen molar-refractivity contribution in [1.29, 1.82) is 0 Å². The van der Waals surface area contributed by atoms with Gasteiger partial charge in [-0.15, -0.1) is 22.7 Å². The molecule has 2 amide bonds. The first-order chi connectivity index (χ1) is 23.1. The van der Waals surface area contributed by atoms with Crippen molar-refractivity contribution in [2.45, 2.75) is 112 Å². The molecule has 5 heterocycles. The van der Waals surface area contributed by atoms with E-state index in [-0.39, 0.29) is 18.2 Å². The monoisotopic (exact) mass is 704 g/mol. The summed E-state index contributed by atoms with van der Waals surface area (Å²) >= 11 is 3.52. The van der Waals surface area contributed by atoms with Crippen LogP contribution in [0.2, 0.25) is 0 Å². The van der Waals surface area contributed by atoms with E-state index in [4.69, 9.17) is 14.5 Å². The van der Waals surface area contributed by atoms with Gasteiger partial charge in [-0.2, -0.15) is 0 Å². The van der Waals surface area contributed by atoms with Gasteiger partial charge < -0.3 is 24.3 Å². The summed E-state index contributed by atoms with van der Waals surface area (Å²) in [4.78, 5) is 48.0. The van der Waals surface area contributed by atoms with Crippen LogP contribution in [0.25, 0.3) is 41.3 Å². The number of aromatic amines is 2. The number of carbonyl (C=O) groups excluding carboxylic acids is 2. The molecular weight excluding hydrogens is 657 g/mol. The number of carbonyl (C=O) groups is 2. The van der Waals surface area contributed by atoms with Crippen molar-refractivity contribution in [3.63, 3.8) is 0 Å². The van der Waals surface area contributed by atoms with Crippen molar-refractivity contribution in [3.05, 3.63) is 47.3 Å². The minimum absolute atomic E-state index is 0.120. The van der Waals surface area contributed by atoms with Crippen LogP contribution in [-0.4, -0.2) is 66.2 Å². The summed E-state index contributed by atoms with van der Waals surface area (Å²) in [5, 5.41) is 2.47. The quantitative estimate of drug-likeness (QED) is 0.166. The normalized spacial score (nSPS) is 15.4. The van der Waals surface area contributed by atoms with Gasteiger partial charge in [0.25, 0.3) is 0 Å². The molecule has 49 heavy (non-hydrogen) atoms. The second-order valence-corrected chi connectivity index (χ2v) is 17.1. The molecular formula is C37H48N6O4S2. The average Bonchev–Trinajstić information content (AvgIpc) is 3.84. The van der Waals surface area contributed by atoms with E-state index >= 15 is 0 Å². The van der Waals surface area contributed by atoms with Gasteiger partial charge in [-0.1, -0.05) is 13.3 Å². The molecule has 1 aliphatic rings. The fourth-order valence-electron chi connectivity index (χ4n) is 6.29. The van der Waals surface area contributed by atoms with Crippen LogP contribution in [0.5, 0.6) is 0 Å². The zero-order valence-corrected chi connectivity index (χ0v) is 31.7. The smallest absolute Gasteiger partial charge is 0.410 e. The first-order valence-electron chi connectivity index (χ1n) is 17.1. The second kappa shape index (κ2) is 13.4. The highest BCUT2D eigenvalue weighted by molar-refractivity contribution is 7.24. The Labute approximate surface area is 296 Å². The fourth-order valence-corrected chi connectivity index (χ4v) is 8.68.